The summed E-state index contributed by atoms with van der Waals surface area (Å²) < 4.78 is 2.94. The maximum absolute atomic E-state index is 12.1. The summed E-state index contributed by atoms with van der Waals surface area (Å²) in [7, 11) is 1.75. The third-order valence-electron chi connectivity index (χ3n) is 2.66. The van der Waals surface area contributed by atoms with E-state index in [-0.39, 0.29) is 11.5 Å². The zero-order valence-electron chi connectivity index (χ0n) is 10.4. The van der Waals surface area contributed by atoms with Crippen LogP contribution in [0.2, 0.25) is 0 Å². The highest BCUT2D eigenvalue weighted by Gasteiger charge is 2.14. The molecule has 5 nitrogen and oxygen atoms in total. The van der Waals surface area contributed by atoms with Crippen LogP contribution in [0.1, 0.15) is 20.8 Å². The fourth-order valence-electron chi connectivity index (χ4n) is 1.71. The zero-order valence-corrected chi connectivity index (χ0v) is 13.5. The number of benzene rings is 1. The molecular weight excluding hydrogens is 392 g/mol. The fourth-order valence-corrected chi connectivity index (χ4v) is 2.65. The van der Waals surface area contributed by atoms with Crippen LogP contribution in [-0.4, -0.2) is 21.6 Å². The largest absolute Gasteiger partial charge is 0.478 e. The molecule has 0 fully saturated rings. The molecule has 0 saturated carbocycles. The van der Waals surface area contributed by atoms with Crippen LogP contribution in [0.3, 0.4) is 0 Å². The number of hydrogen-bond donors (Lipinski definition) is 2. The van der Waals surface area contributed by atoms with E-state index in [1.807, 2.05) is 0 Å². The molecule has 2 rings (SSSR count). The number of hydrogen-bond acceptors (Lipinski definition) is 2. The summed E-state index contributed by atoms with van der Waals surface area (Å²) in [6.07, 6.45) is 1.76. The smallest absolute Gasteiger partial charge is 0.336 e. The Morgan fingerprint density at radius 1 is 1.25 bits per heavy atom. The Bertz CT molecular complexity index is 695. The van der Waals surface area contributed by atoms with Gasteiger partial charge in [0.25, 0.3) is 5.91 Å². The molecule has 1 heterocycles. The van der Waals surface area contributed by atoms with Crippen LogP contribution in [0, 0.1) is 0 Å². The van der Waals surface area contributed by atoms with Crippen LogP contribution in [0.15, 0.2) is 39.4 Å². The second-order valence-electron chi connectivity index (χ2n) is 4.11. The van der Waals surface area contributed by atoms with E-state index in [0.717, 1.165) is 4.47 Å². The molecule has 0 atom stereocenters. The third kappa shape index (κ3) is 3.10. The van der Waals surface area contributed by atoms with Gasteiger partial charge < -0.3 is 15.0 Å². The van der Waals surface area contributed by atoms with E-state index < -0.39 is 5.97 Å². The minimum Gasteiger partial charge on any atom is -0.478 e. The van der Waals surface area contributed by atoms with E-state index in [9.17, 15) is 9.59 Å². The number of nitrogens with zero attached hydrogens (tertiary/aromatic N) is 1. The highest BCUT2D eigenvalue weighted by molar-refractivity contribution is 9.10. The molecule has 1 aromatic heterocycles. The van der Waals surface area contributed by atoms with E-state index in [1.165, 1.54) is 6.07 Å². The van der Waals surface area contributed by atoms with Gasteiger partial charge in [0.2, 0.25) is 0 Å². The lowest BCUT2D eigenvalue weighted by molar-refractivity contribution is 0.0695. The average Bonchev–Trinajstić information content (AvgIpc) is 2.70. The van der Waals surface area contributed by atoms with Crippen molar-refractivity contribution in [2.45, 2.75) is 0 Å². The normalized spacial score (nSPS) is 10.3. The van der Waals surface area contributed by atoms with Gasteiger partial charge in [-0.2, -0.15) is 0 Å². The Morgan fingerprint density at radius 2 is 1.95 bits per heavy atom. The van der Waals surface area contributed by atoms with Gasteiger partial charge in [-0.15, -0.1) is 0 Å². The second-order valence-corrected chi connectivity index (χ2v) is 5.88. The predicted molar refractivity (Wildman–Crippen MR) is 82.2 cm³/mol. The summed E-state index contributed by atoms with van der Waals surface area (Å²) in [5.41, 5.74) is 0.987. The number of amides is 1. The molecule has 20 heavy (non-hydrogen) atoms. The summed E-state index contributed by atoms with van der Waals surface area (Å²) in [4.78, 5) is 23.1. The number of anilines is 1. The van der Waals surface area contributed by atoms with Gasteiger partial charge in [0.15, 0.2) is 0 Å². The van der Waals surface area contributed by atoms with E-state index in [2.05, 4.69) is 37.2 Å². The molecule has 2 aromatic rings. The van der Waals surface area contributed by atoms with Crippen molar-refractivity contribution in [1.29, 1.82) is 0 Å². The number of carboxylic acids is 1. The Hall–Kier alpha value is -1.60. The molecule has 104 valence electrons. The van der Waals surface area contributed by atoms with Gasteiger partial charge in [-0.1, -0.05) is 0 Å². The minimum atomic E-state index is -1.06. The number of carbonyl (C=O) groups is 2. The summed E-state index contributed by atoms with van der Waals surface area (Å²) in [6.45, 7) is 0. The molecule has 0 spiro atoms. The summed E-state index contributed by atoms with van der Waals surface area (Å²) in [5, 5.41) is 11.7. The first kappa shape index (κ1) is 14.8. The van der Waals surface area contributed by atoms with Crippen molar-refractivity contribution in [3.63, 3.8) is 0 Å². The van der Waals surface area contributed by atoms with Gasteiger partial charge in [0.05, 0.1) is 5.56 Å². The lowest BCUT2D eigenvalue weighted by Gasteiger charge is -2.07. The Balaban J connectivity index is 2.26. The molecule has 0 radical (unpaired) electrons. The SMILES string of the molecule is Cn1cc(Br)cc1C(=O)Nc1ccc(Br)c(C(=O)O)c1. The topological polar surface area (TPSA) is 71.3 Å². The van der Waals surface area contributed by atoms with Gasteiger partial charge >= 0.3 is 5.97 Å². The molecule has 0 aliphatic rings. The number of aromatic nitrogens is 1. The summed E-state index contributed by atoms with van der Waals surface area (Å²) >= 11 is 6.45. The van der Waals surface area contributed by atoms with Gasteiger partial charge in [0, 0.05) is 27.9 Å². The molecule has 0 bridgehead atoms. The first-order valence-electron chi connectivity index (χ1n) is 5.54. The van der Waals surface area contributed by atoms with Crippen LogP contribution >= 0.6 is 31.9 Å². The van der Waals surface area contributed by atoms with Crippen molar-refractivity contribution < 1.29 is 14.7 Å². The molecule has 2 N–H and O–H groups in total. The summed E-state index contributed by atoms with van der Waals surface area (Å²) in [5.74, 6) is -1.37. The second kappa shape index (κ2) is 5.80. The average molecular weight is 402 g/mol. The van der Waals surface area contributed by atoms with E-state index in [4.69, 9.17) is 5.11 Å². The van der Waals surface area contributed by atoms with E-state index >= 15 is 0 Å². The van der Waals surface area contributed by atoms with Crippen LogP contribution < -0.4 is 5.32 Å². The van der Waals surface area contributed by atoms with Crippen molar-refractivity contribution in [2.24, 2.45) is 7.05 Å². The van der Waals surface area contributed by atoms with Gasteiger partial charge in [-0.25, -0.2) is 4.79 Å². The van der Waals surface area contributed by atoms with E-state index in [0.29, 0.717) is 15.9 Å². The van der Waals surface area contributed by atoms with Crippen molar-refractivity contribution in [3.05, 3.63) is 50.7 Å². The number of carboxylic acid groups (broad SMARTS) is 1. The monoisotopic (exact) mass is 400 g/mol. The number of nitrogens with one attached hydrogen (secondary N) is 1. The third-order valence-corrected chi connectivity index (χ3v) is 3.78. The molecule has 1 amide bonds. The maximum atomic E-state index is 12.1. The number of aromatic carboxylic acids is 1. The highest BCUT2D eigenvalue weighted by atomic mass is 79.9. The van der Waals surface area contributed by atoms with Crippen LogP contribution in [-0.2, 0) is 7.05 Å². The van der Waals surface area contributed by atoms with E-state index in [1.54, 1.807) is 36.0 Å². The predicted octanol–water partition coefficient (Wildman–Crippen LogP) is 3.50. The molecule has 0 aliphatic carbocycles. The zero-order chi connectivity index (χ0) is 14.9. The van der Waals surface area contributed by atoms with Crippen molar-refractivity contribution in [1.82, 2.24) is 4.57 Å². The van der Waals surface area contributed by atoms with Crippen molar-refractivity contribution in [3.8, 4) is 0 Å². The molecule has 0 unspecified atom stereocenters. The number of aryl methyl sites for hydroxylation is 1. The number of halogens is 2. The van der Waals surface area contributed by atoms with Crippen LogP contribution in [0.25, 0.3) is 0 Å². The van der Waals surface area contributed by atoms with Gasteiger partial charge in [0.1, 0.15) is 5.69 Å². The Labute approximate surface area is 131 Å². The molecule has 1 aromatic carbocycles. The fraction of sp³-hybridized carbons (Fsp3) is 0.0769. The standard InChI is InChI=1S/C13H10Br2N2O3/c1-17-6-7(14)4-11(17)12(18)16-8-2-3-10(15)9(5-8)13(19)20/h2-6H,1H3,(H,16,18)(H,19,20). The van der Waals surface area contributed by atoms with Gasteiger partial charge in [-0.05, 0) is 56.1 Å². The van der Waals surface area contributed by atoms with Gasteiger partial charge in [-0.3, -0.25) is 4.79 Å². The first-order valence-corrected chi connectivity index (χ1v) is 7.13. The number of rotatable bonds is 3. The van der Waals surface area contributed by atoms with Crippen LogP contribution in [0.5, 0.6) is 0 Å². The van der Waals surface area contributed by atoms with Crippen molar-refractivity contribution >= 4 is 49.4 Å². The lowest BCUT2D eigenvalue weighted by atomic mass is 10.2. The minimum absolute atomic E-state index is 0.0934. The first-order chi connectivity index (χ1) is 9.38. The molecule has 7 heteroatoms. The van der Waals surface area contributed by atoms with Crippen LogP contribution in [0.4, 0.5) is 5.69 Å². The molecular formula is C13H10Br2N2O3. The maximum Gasteiger partial charge on any atom is 0.336 e. The summed E-state index contributed by atoms with van der Waals surface area (Å²) in [6, 6.07) is 6.31. The quantitative estimate of drug-likeness (QED) is 0.826. The lowest BCUT2D eigenvalue weighted by Crippen LogP contribution is -2.15. The number of carbonyl (C=O) groups excluding carboxylic acids is 1. The molecule has 0 saturated heterocycles. The van der Waals surface area contributed by atoms with Crippen molar-refractivity contribution in [2.75, 3.05) is 5.32 Å². The Morgan fingerprint density at radius 3 is 2.50 bits per heavy atom. The Kier molecular flexibility index (Phi) is 4.29. The highest BCUT2D eigenvalue weighted by Crippen LogP contribution is 2.22. The molecule has 0 aliphatic heterocycles.